The summed E-state index contributed by atoms with van der Waals surface area (Å²) in [5.41, 5.74) is 4.95. The Hall–Kier alpha value is -1.77. The Bertz CT molecular complexity index is 516. The molecule has 0 aliphatic carbocycles. The number of aliphatic hydroxyl groups is 1. The van der Waals surface area contributed by atoms with Crippen LogP contribution in [0.1, 0.15) is 12.8 Å². The van der Waals surface area contributed by atoms with E-state index in [4.69, 9.17) is 15.2 Å². The van der Waals surface area contributed by atoms with Crippen molar-refractivity contribution in [3.05, 3.63) is 24.3 Å². The molecule has 2 rings (SSSR count). The average Bonchev–Trinajstić information content (AvgIpc) is 2.57. The Balaban J connectivity index is 1.88. The molecule has 1 aliphatic heterocycles. The van der Waals surface area contributed by atoms with E-state index in [1.54, 1.807) is 19.5 Å². The number of aromatic nitrogens is 2. The van der Waals surface area contributed by atoms with Gasteiger partial charge in [-0.3, -0.25) is 0 Å². The number of nitrogens with two attached hydrogens (primary N) is 1. The van der Waals surface area contributed by atoms with Crippen molar-refractivity contribution in [1.82, 2.24) is 9.97 Å². The molecule has 2 heterocycles. The zero-order valence-corrected chi connectivity index (χ0v) is 13.2. The van der Waals surface area contributed by atoms with Crippen LogP contribution in [-0.4, -0.2) is 60.6 Å². The zero-order chi connectivity index (χ0) is 16.7. The van der Waals surface area contributed by atoms with Crippen molar-refractivity contribution < 1.29 is 19.0 Å². The molecule has 23 heavy (non-hydrogen) atoms. The highest BCUT2D eigenvalue weighted by molar-refractivity contribution is 5.32. The molecule has 0 amide bonds. The number of piperidine rings is 1. The number of methoxy groups -OCH3 is 1. The van der Waals surface area contributed by atoms with Crippen molar-refractivity contribution in [2.45, 2.75) is 18.4 Å². The zero-order valence-electron chi connectivity index (χ0n) is 13.2. The smallest absolute Gasteiger partial charge is 0.225 e. The Kier molecular flexibility index (Phi) is 6.26. The third-order valence-electron chi connectivity index (χ3n) is 3.85. The highest BCUT2D eigenvalue weighted by Crippen LogP contribution is 2.25. The molecular formula is C15H23FN4O3. The van der Waals surface area contributed by atoms with Crippen LogP contribution in [0, 0.1) is 0 Å². The standard InChI is InChI=1S/C15H23FN4O3/c1-22-11-15(21)2-4-20(5-3-15)14-18-8-13(9-19-14)23-10-12(6-16)7-17/h6,8-9,21H,2-5,7,10-11,17H2,1H3/b12-6+. The van der Waals surface area contributed by atoms with Gasteiger partial charge in [0, 0.05) is 32.3 Å². The van der Waals surface area contributed by atoms with E-state index in [0.29, 0.717) is 56.1 Å². The Morgan fingerprint density at radius 1 is 1.43 bits per heavy atom. The van der Waals surface area contributed by atoms with E-state index in [2.05, 4.69) is 9.97 Å². The van der Waals surface area contributed by atoms with Gasteiger partial charge in [-0.15, -0.1) is 0 Å². The summed E-state index contributed by atoms with van der Waals surface area (Å²) >= 11 is 0. The number of anilines is 1. The van der Waals surface area contributed by atoms with Gasteiger partial charge in [0.05, 0.1) is 30.9 Å². The van der Waals surface area contributed by atoms with Crippen LogP contribution in [0.3, 0.4) is 0 Å². The molecule has 1 aromatic heterocycles. The molecule has 8 heteroatoms. The minimum Gasteiger partial charge on any atom is -0.486 e. The van der Waals surface area contributed by atoms with Gasteiger partial charge in [0.1, 0.15) is 6.61 Å². The van der Waals surface area contributed by atoms with Crippen molar-refractivity contribution in [3.63, 3.8) is 0 Å². The minimum atomic E-state index is -0.772. The number of hydrogen-bond acceptors (Lipinski definition) is 7. The Labute approximate surface area is 134 Å². The summed E-state index contributed by atoms with van der Waals surface area (Å²) in [6.45, 7) is 1.82. The topological polar surface area (TPSA) is 93.7 Å². The number of nitrogens with zero attached hydrogens (tertiary/aromatic N) is 3. The van der Waals surface area contributed by atoms with E-state index in [0.717, 1.165) is 0 Å². The van der Waals surface area contributed by atoms with Crippen LogP contribution in [0.5, 0.6) is 5.75 Å². The van der Waals surface area contributed by atoms with Crippen LogP contribution in [0.25, 0.3) is 0 Å². The fraction of sp³-hybridized carbons (Fsp3) is 0.600. The SMILES string of the molecule is COCC1(O)CCN(c2ncc(OC/C(=C/F)CN)cn2)CC1. The Morgan fingerprint density at radius 2 is 2.09 bits per heavy atom. The van der Waals surface area contributed by atoms with Crippen molar-refractivity contribution >= 4 is 5.95 Å². The number of rotatable bonds is 7. The maximum absolute atomic E-state index is 12.4. The highest BCUT2D eigenvalue weighted by Gasteiger charge is 2.33. The number of ether oxygens (including phenoxy) is 2. The van der Waals surface area contributed by atoms with Gasteiger partial charge in [-0.1, -0.05) is 0 Å². The fourth-order valence-corrected chi connectivity index (χ4v) is 2.39. The molecule has 1 aliphatic rings. The van der Waals surface area contributed by atoms with Crippen LogP contribution in [0.15, 0.2) is 24.3 Å². The first-order chi connectivity index (χ1) is 11.1. The van der Waals surface area contributed by atoms with Gasteiger partial charge in [-0.05, 0) is 12.8 Å². The maximum Gasteiger partial charge on any atom is 0.225 e. The summed E-state index contributed by atoms with van der Waals surface area (Å²) in [4.78, 5) is 10.5. The lowest BCUT2D eigenvalue weighted by atomic mass is 9.92. The van der Waals surface area contributed by atoms with Crippen LogP contribution in [-0.2, 0) is 4.74 Å². The summed E-state index contributed by atoms with van der Waals surface area (Å²) in [7, 11) is 1.58. The first-order valence-corrected chi connectivity index (χ1v) is 7.49. The summed E-state index contributed by atoms with van der Waals surface area (Å²) < 4.78 is 22.8. The molecule has 0 bridgehead atoms. The molecule has 0 saturated carbocycles. The van der Waals surface area contributed by atoms with Crippen molar-refractivity contribution in [2.75, 3.05) is 44.9 Å². The van der Waals surface area contributed by atoms with E-state index >= 15 is 0 Å². The van der Waals surface area contributed by atoms with Crippen LogP contribution >= 0.6 is 0 Å². The third kappa shape index (κ3) is 4.85. The van der Waals surface area contributed by atoms with Gasteiger partial charge in [-0.25, -0.2) is 14.4 Å². The van der Waals surface area contributed by atoms with E-state index in [-0.39, 0.29) is 13.2 Å². The molecule has 3 N–H and O–H groups in total. The number of hydrogen-bond donors (Lipinski definition) is 2. The first kappa shape index (κ1) is 17.6. The van der Waals surface area contributed by atoms with Gasteiger partial charge in [0.15, 0.2) is 5.75 Å². The second kappa shape index (κ2) is 8.19. The fourth-order valence-electron chi connectivity index (χ4n) is 2.39. The van der Waals surface area contributed by atoms with E-state index in [9.17, 15) is 9.50 Å². The maximum atomic E-state index is 12.4. The van der Waals surface area contributed by atoms with Gasteiger partial charge in [-0.2, -0.15) is 0 Å². The van der Waals surface area contributed by atoms with Crippen molar-refractivity contribution in [2.24, 2.45) is 5.73 Å². The summed E-state index contributed by atoms with van der Waals surface area (Å²) in [6, 6.07) is 0. The van der Waals surface area contributed by atoms with Crippen molar-refractivity contribution in [3.8, 4) is 5.75 Å². The quantitative estimate of drug-likeness (QED) is 0.759. The summed E-state index contributed by atoms with van der Waals surface area (Å²) in [5.74, 6) is 1.03. The molecule has 1 saturated heterocycles. The van der Waals surface area contributed by atoms with Crippen LogP contribution < -0.4 is 15.4 Å². The van der Waals surface area contributed by atoms with Gasteiger partial charge in [0.2, 0.25) is 5.95 Å². The molecular weight excluding hydrogens is 303 g/mol. The monoisotopic (exact) mass is 326 g/mol. The summed E-state index contributed by atoms with van der Waals surface area (Å²) in [5, 5.41) is 10.3. The molecule has 0 aromatic carbocycles. The highest BCUT2D eigenvalue weighted by atomic mass is 19.1. The van der Waals surface area contributed by atoms with Crippen molar-refractivity contribution in [1.29, 1.82) is 0 Å². The predicted molar refractivity (Wildman–Crippen MR) is 84.0 cm³/mol. The van der Waals surface area contributed by atoms with E-state index in [1.807, 2.05) is 4.90 Å². The lowest BCUT2D eigenvalue weighted by Gasteiger charge is -2.37. The lowest BCUT2D eigenvalue weighted by molar-refractivity contribution is -0.0473. The molecule has 1 fully saturated rings. The normalized spacial score (nSPS) is 18.1. The lowest BCUT2D eigenvalue weighted by Crippen LogP contribution is -2.47. The molecule has 0 unspecified atom stereocenters. The van der Waals surface area contributed by atoms with Crippen LogP contribution in [0.2, 0.25) is 0 Å². The molecule has 0 spiro atoms. The minimum absolute atomic E-state index is 0.0729. The van der Waals surface area contributed by atoms with E-state index < -0.39 is 5.60 Å². The second-order valence-electron chi connectivity index (χ2n) is 5.62. The number of halogens is 1. The van der Waals surface area contributed by atoms with Gasteiger partial charge < -0.3 is 25.2 Å². The summed E-state index contributed by atoms with van der Waals surface area (Å²) in [6.07, 6.45) is 4.74. The van der Waals surface area contributed by atoms with E-state index in [1.165, 1.54) is 0 Å². The largest absolute Gasteiger partial charge is 0.486 e. The van der Waals surface area contributed by atoms with Gasteiger partial charge >= 0.3 is 0 Å². The Morgan fingerprint density at radius 3 is 2.61 bits per heavy atom. The van der Waals surface area contributed by atoms with Crippen LogP contribution in [0.4, 0.5) is 10.3 Å². The second-order valence-corrected chi connectivity index (χ2v) is 5.62. The molecule has 1 aromatic rings. The average molecular weight is 326 g/mol. The molecule has 0 radical (unpaired) electrons. The van der Waals surface area contributed by atoms with Gasteiger partial charge in [0.25, 0.3) is 0 Å². The predicted octanol–water partition coefficient (Wildman–Crippen LogP) is 0.645. The molecule has 0 atom stereocenters. The molecule has 7 nitrogen and oxygen atoms in total. The first-order valence-electron chi connectivity index (χ1n) is 7.49. The third-order valence-corrected chi connectivity index (χ3v) is 3.85. The molecule has 128 valence electrons.